The van der Waals surface area contributed by atoms with Gasteiger partial charge in [0.25, 0.3) is 0 Å². The quantitative estimate of drug-likeness (QED) is 0.476. The van der Waals surface area contributed by atoms with Crippen LogP contribution < -0.4 is 10.2 Å². The number of pyridine rings is 2. The first-order valence-corrected chi connectivity index (χ1v) is 9.51. The fourth-order valence-electron chi connectivity index (χ4n) is 3.45. The Labute approximate surface area is 191 Å². The van der Waals surface area contributed by atoms with E-state index in [9.17, 15) is 5.11 Å². The van der Waals surface area contributed by atoms with Crippen molar-refractivity contribution in [1.29, 1.82) is 0 Å². The molecule has 1 aliphatic heterocycles. The van der Waals surface area contributed by atoms with Crippen LogP contribution in [0.1, 0.15) is 5.69 Å². The molecule has 1 saturated heterocycles. The molecule has 0 unspecified atom stereocenters. The van der Waals surface area contributed by atoms with Crippen molar-refractivity contribution in [2.45, 2.75) is 6.61 Å². The Balaban J connectivity index is 0.00000136. The van der Waals surface area contributed by atoms with Crippen LogP contribution in [0.2, 0.25) is 0 Å². The van der Waals surface area contributed by atoms with E-state index in [1.165, 1.54) is 6.20 Å². The number of hydrogen-bond acceptors (Lipinski definition) is 8. The molecule has 0 aromatic carbocycles. The van der Waals surface area contributed by atoms with E-state index in [-0.39, 0.29) is 31.4 Å². The lowest BCUT2D eigenvalue weighted by atomic mass is 10.2. The fraction of sp³-hybridized carbons (Fsp3) is 0.250. The Bertz CT molecular complexity index is 1160. The summed E-state index contributed by atoms with van der Waals surface area (Å²) < 4.78 is 1.82. The molecule has 1 fully saturated rings. The average Bonchev–Trinajstić information content (AvgIpc) is 3.23. The van der Waals surface area contributed by atoms with Crippen molar-refractivity contribution in [1.82, 2.24) is 35.0 Å². The number of rotatable bonds is 4. The SMILES string of the molecule is Cl.Cl.OCc1cncc(-c2cc3c(cn2)cnn3-c2cccc(N3CCNCC3)n2)n1. The van der Waals surface area contributed by atoms with Gasteiger partial charge in [-0.25, -0.2) is 14.6 Å². The van der Waals surface area contributed by atoms with Crippen LogP contribution in [0, 0.1) is 0 Å². The first-order valence-electron chi connectivity index (χ1n) is 9.51. The highest BCUT2D eigenvalue weighted by Gasteiger charge is 2.14. The molecule has 31 heavy (non-hydrogen) atoms. The second kappa shape index (κ2) is 9.97. The van der Waals surface area contributed by atoms with Crippen LogP contribution in [0.5, 0.6) is 0 Å². The first-order chi connectivity index (χ1) is 14.3. The molecule has 5 heterocycles. The van der Waals surface area contributed by atoms with E-state index in [1.54, 1.807) is 18.6 Å². The highest BCUT2D eigenvalue weighted by molar-refractivity contribution is 5.85. The van der Waals surface area contributed by atoms with Gasteiger partial charge in [0.2, 0.25) is 0 Å². The predicted molar refractivity (Wildman–Crippen MR) is 123 cm³/mol. The maximum absolute atomic E-state index is 9.32. The van der Waals surface area contributed by atoms with Gasteiger partial charge < -0.3 is 15.3 Å². The molecular weight excluding hydrogens is 439 g/mol. The Hall–Kier alpha value is -2.85. The third kappa shape index (κ3) is 4.59. The Morgan fingerprint density at radius 1 is 0.935 bits per heavy atom. The number of aromatic nitrogens is 6. The molecule has 0 spiro atoms. The molecule has 2 N–H and O–H groups in total. The third-order valence-corrected chi connectivity index (χ3v) is 4.94. The standard InChI is InChI=1S/C20H20N8O.2ClH/c29-13-15-11-22-12-17(25-15)16-8-18-14(9-23-16)10-24-28(18)20-3-1-2-19(26-20)27-6-4-21-5-7-27;;/h1-3,8-12,21,29H,4-7,13H2;2*1H. The number of halogens is 2. The van der Waals surface area contributed by atoms with Gasteiger partial charge in [0.15, 0.2) is 5.82 Å². The van der Waals surface area contributed by atoms with Gasteiger partial charge >= 0.3 is 0 Å². The zero-order valence-corrected chi connectivity index (χ0v) is 18.2. The monoisotopic (exact) mass is 460 g/mol. The molecule has 0 atom stereocenters. The van der Waals surface area contributed by atoms with Crippen molar-refractivity contribution < 1.29 is 5.11 Å². The second-order valence-electron chi connectivity index (χ2n) is 6.83. The van der Waals surface area contributed by atoms with E-state index < -0.39 is 0 Å². The molecular formula is C20H22Cl2N8O. The van der Waals surface area contributed by atoms with Crippen molar-refractivity contribution in [2.75, 3.05) is 31.1 Å². The summed E-state index contributed by atoms with van der Waals surface area (Å²) in [4.78, 5) is 20.1. The van der Waals surface area contributed by atoms with E-state index in [4.69, 9.17) is 4.98 Å². The van der Waals surface area contributed by atoms with Crippen LogP contribution in [0.3, 0.4) is 0 Å². The van der Waals surface area contributed by atoms with E-state index in [0.717, 1.165) is 48.7 Å². The Kier molecular flexibility index (Phi) is 7.34. The van der Waals surface area contributed by atoms with Gasteiger partial charge in [0.1, 0.15) is 11.5 Å². The first kappa shape index (κ1) is 22.8. The van der Waals surface area contributed by atoms with Crippen molar-refractivity contribution in [2.24, 2.45) is 0 Å². The Morgan fingerprint density at radius 2 is 1.74 bits per heavy atom. The minimum atomic E-state index is -0.163. The zero-order chi connectivity index (χ0) is 19.6. The summed E-state index contributed by atoms with van der Waals surface area (Å²) >= 11 is 0. The van der Waals surface area contributed by atoms with Gasteiger partial charge in [-0.2, -0.15) is 5.10 Å². The van der Waals surface area contributed by atoms with Crippen LogP contribution >= 0.6 is 24.8 Å². The summed E-state index contributed by atoms with van der Waals surface area (Å²) in [7, 11) is 0. The molecule has 0 amide bonds. The molecule has 0 saturated carbocycles. The number of nitrogens with one attached hydrogen (secondary N) is 1. The van der Waals surface area contributed by atoms with Crippen molar-refractivity contribution in [3.05, 3.63) is 54.7 Å². The van der Waals surface area contributed by atoms with E-state index in [2.05, 4.69) is 30.3 Å². The van der Waals surface area contributed by atoms with Crippen LogP contribution in [-0.2, 0) is 6.61 Å². The summed E-state index contributed by atoms with van der Waals surface area (Å²) in [6.07, 6.45) is 6.72. The molecule has 4 aromatic rings. The number of nitrogens with zero attached hydrogens (tertiary/aromatic N) is 7. The van der Waals surface area contributed by atoms with Crippen molar-refractivity contribution >= 4 is 41.5 Å². The van der Waals surface area contributed by atoms with Gasteiger partial charge in [-0.3, -0.25) is 9.97 Å². The molecule has 4 aromatic heterocycles. The van der Waals surface area contributed by atoms with E-state index >= 15 is 0 Å². The van der Waals surface area contributed by atoms with Crippen LogP contribution in [0.25, 0.3) is 28.1 Å². The van der Waals surface area contributed by atoms with Crippen molar-refractivity contribution in [3.8, 4) is 17.2 Å². The molecule has 0 aliphatic carbocycles. The van der Waals surface area contributed by atoms with Crippen LogP contribution in [0.4, 0.5) is 5.82 Å². The molecule has 11 heteroatoms. The molecule has 1 aliphatic rings. The normalized spacial score (nSPS) is 13.5. The summed E-state index contributed by atoms with van der Waals surface area (Å²) in [5, 5.41) is 18.1. The number of anilines is 1. The maximum atomic E-state index is 9.32. The lowest BCUT2D eigenvalue weighted by Crippen LogP contribution is -2.43. The van der Waals surface area contributed by atoms with Crippen LogP contribution in [-0.4, -0.2) is 61.0 Å². The lowest BCUT2D eigenvalue weighted by molar-refractivity contribution is 0.276. The maximum Gasteiger partial charge on any atom is 0.156 e. The molecule has 0 radical (unpaired) electrons. The van der Waals surface area contributed by atoms with Gasteiger partial charge in [0, 0.05) is 37.8 Å². The fourth-order valence-corrected chi connectivity index (χ4v) is 3.45. The topological polar surface area (TPSA) is 105 Å². The number of aliphatic hydroxyl groups is 1. The number of hydrogen-bond donors (Lipinski definition) is 2. The third-order valence-electron chi connectivity index (χ3n) is 4.94. The van der Waals surface area contributed by atoms with Gasteiger partial charge in [-0.15, -0.1) is 24.8 Å². The smallest absolute Gasteiger partial charge is 0.156 e. The summed E-state index contributed by atoms with van der Waals surface area (Å²) in [5.74, 6) is 1.70. The van der Waals surface area contributed by atoms with Crippen molar-refractivity contribution in [3.63, 3.8) is 0 Å². The van der Waals surface area contributed by atoms with E-state index in [0.29, 0.717) is 17.1 Å². The van der Waals surface area contributed by atoms with E-state index in [1.807, 2.05) is 28.9 Å². The minimum Gasteiger partial charge on any atom is -0.390 e. The summed E-state index contributed by atoms with van der Waals surface area (Å²) in [5.41, 5.74) is 2.66. The predicted octanol–water partition coefficient (Wildman–Crippen LogP) is 2.02. The minimum absolute atomic E-state index is 0. The molecule has 0 bridgehead atoms. The summed E-state index contributed by atoms with van der Waals surface area (Å²) in [6, 6.07) is 7.91. The number of aliphatic hydroxyl groups excluding tert-OH is 1. The molecule has 5 rings (SSSR count). The summed E-state index contributed by atoms with van der Waals surface area (Å²) in [6.45, 7) is 3.62. The average molecular weight is 461 g/mol. The Morgan fingerprint density at radius 3 is 2.55 bits per heavy atom. The van der Waals surface area contributed by atoms with Gasteiger partial charge in [-0.1, -0.05) is 6.07 Å². The largest absolute Gasteiger partial charge is 0.390 e. The molecule has 9 nitrogen and oxygen atoms in total. The van der Waals surface area contributed by atoms with Crippen LogP contribution in [0.15, 0.2) is 49.1 Å². The number of piperazine rings is 1. The van der Waals surface area contributed by atoms with Gasteiger partial charge in [0.05, 0.1) is 42.1 Å². The second-order valence-corrected chi connectivity index (χ2v) is 6.83. The zero-order valence-electron chi connectivity index (χ0n) is 16.5. The lowest BCUT2D eigenvalue weighted by Gasteiger charge is -2.28. The van der Waals surface area contributed by atoms with Gasteiger partial charge in [-0.05, 0) is 18.2 Å². The number of fused-ring (bicyclic) bond motifs is 1. The highest BCUT2D eigenvalue weighted by atomic mass is 35.5. The highest BCUT2D eigenvalue weighted by Crippen LogP contribution is 2.23. The molecule has 162 valence electrons.